The first-order valence-corrected chi connectivity index (χ1v) is 11.1. The molecule has 0 bridgehead atoms. The predicted molar refractivity (Wildman–Crippen MR) is 130 cm³/mol. The summed E-state index contributed by atoms with van der Waals surface area (Å²) >= 11 is 0. The van der Waals surface area contributed by atoms with Crippen molar-refractivity contribution in [3.63, 3.8) is 0 Å². The summed E-state index contributed by atoms with van der Waals surface area (Å²) in [6.07, 6.45) is 5.75. The lowest BCUT2D eigenvalue weighted by Crippen LogP contribution is -2.45. The number of hydrogen-bond donors (Lipinski definition) is 3. The molecule has 0 aromatic carbocycles. The maximum Gasteiger partial charge on any atom is 0.407 e. The lowest BCUT2D eigenvalue weighted by molar-refractivity contribution is -0.134. The monoisotopic (exact) mass is 537 g/mol. The van der Waals surface area contributed by atoms with Gasteiger partial charge in [0.15, 0.2) is 5.96 Å². The fraction of sp³-hybridized carbons (Fsp3) is 0.857. The summed E-state index contributed by atoms with van der Waals surface area (Å²) in [5.74, 6) is 1.35. The molecule has 9 heteroatoms. The first-order valence-electron chi connectivity index (χ1n) is 11.1. The van der Waals surface area contributed by atoms with Gasteiger partial charge in [0.25, 0.3) is 0 Å². The highest BCUT2D eigenvalue weighted by molar-refractivity contribution is 14.0. The van der Waals surface area contributed by atoms with E-state index in [0.717, 1.165) is 51.3 Å². The molecule has 0 radical (unpaired) electrons. The minimum atomic E-state index is -0.487. The summed E-state index contributed by atoms with van der Waals surface area (Å²) in [7, 11) is 0. The second kappa shape index (κ2) is 13.2. The second-order valence-corrected chi connectivity index (χ2v) is 8.94. The van der Waals surface area contributed by atoms with Crippen LogP contribution in [0.4, 0.5) is 4.79 Å². The minimum Gasteiger partial charge on any atom is -0.444 e. The Bertz CT molecular complexity index is 573. The molecule has 1 aliphatic heterocycles. The van der Waals surface area contributed by atoms with Crippen molar-refractivity contribution in [1.29, 1.82) is 0 Å². The molecule has 1 saturated heterocycles. The van der Waals surface area contributed by atoms with E-state index in [1.165, 1.54) is 12.8 Å². The van der Waals surface area contributed by atoms with Crippen LogP contribution in [-0.2, 0) is 9.53 Å². The molecule has 2 fully saturated rings. The van der Waals surface area contributed by atoms with E-state index in [4.69, 9.17) is 4.74 Å². The molecule has 3 N–H and O–H groups in total. The van der Waals surface area contributed by atoms with Crippen LogP contribution in [0.25, 0.3) is 0 Å². The number of ether oxygens (including phenoxy) is 1. The number of alkyl carbamates (subject to hydrolysis) is 1. The lowest BCUT2D eigenvalue weighted by Gasteiger charge is -2.21. The minimum absolute atomic E-state index is 0. The standard InChI is InChI=1S/C21H39N5O3.HI/c1-5-22-19(23-12-8-13-24-20(28)29-21(2,3)4)25-17-11-14-26(15-17)18(27)16-9-6-7-10-16;/h16-17H,5-15H2,1-4H3,(H,24,28)(H2,22,23,25);1H. The Balaban J connectivity index is 0.00000450. The molecule has 1 aliphatic carbocycles. The van der Waals surface area contributed by atoms with Crippen LogP contribution >= 0.6 is 24.0 Å². The molecule has 1 saturated carbocycles. The van der Waals surface area contributed by atoms with Crippen LogP contribution in [0.1, 0.15) is 66.2 Å². The van der Waals surface area contributed by atoms with Crippen molar-refractivity contribution in [3.05, 3.63) is 0 Å². The number of rotatable bonds is 7. The summed E-state index contributed by atoms with van der Waals surface area (Å²) in [6.45, 7) is 11.0. The van der Waals surface area contributed by atoms with Crippen LogP contribution in [0.3, 0.4) is 0 Å². The summed E-state index contributed by atoms with van der Waals surface area (Å²) in [5, 5.41) is 9.47. The van der Waals surface area contributed by atoms with Gasteiger partial charge in [0.1, 0.15) is 5.60 Å². The fourth-order valence-corrected chi connectivity index (χ4v) is 3.80. The molecule has 174 valence electrons. The van der Waals surface area contributed by atoms with E-state index in [1.807, 2.05) is 32.6 Å². The molecular weight excluding hydrogens is 497 g/mol. The van der Waals surface area contributed by atoms with E-state index < -0.39 is 11.7 Å². The number of aliphatic imine (C=N–C) groups is 1. The number of carbonyl (C=O) groups excluding carboxylic acids is 2. The second-order valence-electron chi connectivity index (χ2n) is 8.94. The number of nitrogens with zero attached hydrogens (tertiary/aromatic N) is 2. The third-order valence-electron chi connectivity index (χ3n) is 5.16. The van der Waals surface area contributed by atoms with Gasteiger partial charge in [0.2, 0.25) is 5.91 Å². The van der Waals surface area contributed by atoms with E-state index in [2.05, 4.69) is 20.9 Å². The molecule has 0 aromatic heterocycles. The van der Waals surface area contributed by atoms with Gasteiger partial charge >= 0.3 is 6.09 Å². The van der Waals surface area contributed by atoms with Crippen LogP contribution in [0.15, 0.2) is 4.99 Å². The highest BCUT2D eigenvalue weighted by Crippen LogP contribution is 2.27. The van der Waals surface area contributed by atoms with Crippen LogP contribution in [0, 0.1) is 5.92 Å². The third-order valence-corrected chi connectivity index (χ3v) is 5.16. The Hall–Kier alpha value is -1.26. The Morgan fingerprint density at radius 3 is 2.47 bits per heavy atom. The third kappa shape index (κ3) is 9.70. The topological polar surface area (TPSA) is 95.1 Å². The number of carbonyl (C=O) groups is 2. The molecule has 8 nitrogen and oxygen atoms in total. The van der Waals surface area contributed by atoms with E-state index >= 15 is 0 Å². The number of guanidine groups is 1. The quantitative estimate of drug-likeness (QED) is 0.201. The van der Waals surface area contributed by atoms with Gasteiger partial charge < -0.3 is 25.6 Å². The molecule has 30 heavy (non-hydrogen) atoms. The van der Waals surface area contributed by atoms with Crippen LogP contribution < -0.4 is 16.0 Å². The zero-order chi connectivity index (χ0) is 21.3. The van der Waals surface area contributed by atoms with Gasteiger partial charge in [0, 0.05) is 44.7 Å². The van der Waals surface area contributed by atoms with Crippen molar-refractivity contribution in [3.8, 4) is 0 Å². The fourth-order valence-electron chi connectivity index (χ4n) is 3.80. The molecular formula is C21H40IN5O3. The summed E-state index contributed by atoms with van der Waals surface area (Å²) in [4.78, 5) is 30.9. The van der Waals surface area contributed by atoms with E-state index in [1.54, 1.807) is 0 Å². The van der Waals surface area contributed by atoms with Gasteiger partial charge in [-0.1, -0.05) is 12.8 Å². The van der Waals surface area contributed by atoms with Gasteiger partial charge in [-0.15, -0.1) is 24.0 Å². The Morgan fingerprint density at radius 1 is 1.13 bits per heavy atom. The SMILES string of the molecule is CCNC(=NCCCNC(=O)OC(C)(C)C)NC1CCN(C(=O)C2CCCC2)C1.I. The van der Waals surface area contributed by atoms with Crippen molar-refractivity contribution in [2.24, 2.45) is 10.9 Å². The summed E-state index contributed by atoms with van der Waals surface area (Å²) in [5.41, 5.74) is -0.487. The lowest BCUT2D eigenvalue weighted by atomic mass is 10.1. The van der Waals surface area contributed by atoms with Crippen molar-refractivity contribution in [2.45, 2.75) is 77.9 Å². The average Bonchev–Trinajstić information content (AvgIpc) is 3.31. The van der Waals surface area contributed by atoms with Crippen molar-refractivity contribution in [2.75, 3.05) is 32.7 Å². The first kappa shape index (κ1) is 26.8. The van der Waals surface area contributed by atoms with E-state index in [9.17, 15) is 9.59 Å². The normalized spacial score (nSPS) is 19.9. The largest absolute Gasteiger partial charge is 0.444 e. The highest BCUT2D eigenvalue weighted by atomic mass is 127. The molecule has 1 heterocycles. The van der Waals surface area contributed by atoms with Crippen LogP contribution in [0.2, 0.25) is 0 Å². The molecule has 2 aliphatic rings. The van der Waals surface area contributed by atoms with E-state index in [-0.39, 0.29) is 35.9 Å². The number of nitrogens with one attached hydrogen (secondary N) is 3. The number of likely N-dealkylation sites (tertiary alicyclic amines) is 1. The summed E-state index contributed by atoms with van der Waals surface area (Å²) < 4.78 is 5.22. The maximum atomic E-state index is 12.6. The maximum absolute atomic E-state index is 12.6. The van der Waals surface area contributed by atoms with Gasteiger partial charge in [-0.2, -0.15) is 0 Å². The van der Waals surface area contributed by atoms with Gasteiger partial charge in [-0.3, -0.25) is 9.79 Å². The van der Waals surface area contributed by atoms with Gasteiger partial charge in [0.05, 0.1) is 0 Å². The summed E-state index contributed by atoms with van der Waals surface area (Å²) in [6, 6.07) is 0.234. The Labute approximate surface area is 198 Å². The number of hydrogen-bond acceptors (Lipinski definition) is 4. The van der Waals surface area contributed by atoms with Gasteiger partial charge in [-0.25, -0.2) is 4.79 Å². The number of amides is 2. The van der Waals surface area contributed by atoms with Crippen molar-refractivity contribution in [1.82, 2.24) is 20.9 Å². The van der Waals surface area contributed by atoms with Crippen LogP contribution in [0.5, 0.6) is 0 Å². The van der Waals surface area contributed by atoms with Crippen molar-refractivity contribution < 1.29 is 14.3 Å². The first-order chi connectivity index (χ1) is 13.8. The highest BCUT2D eigenvalue weighted by Gasteiger charge is 2.32. The zero-order valence-corrected chi connectivity index (χ0v) is 21.3. The Morgan fingerprint density at radius 2 is 1.83 bits per heavy atom. The molecule has 0 spiro atoms. The zero-order valence-electron chi connectivity index (χ0n) is 19.0. The molecule has 2 amide bonds. The predicted octanol–water partition coefficient (Wildman–Crippen LogP) is 2.87. The molecule has 1 unspecified atom stereocenters. The average molecular weight is 537 g/mol. The van der Waals surface area contributed by atoms with Gasteiger partial charge in [-0.05, 0) is 53.4 Å². The Kier molecular flexibility index (Phi) is 11.8. The number of halogens is 1. The molecule has 1 atom stereocenters. The molecule has 2 rings (SSSR count). The van der Waals surface area contributed by atoms with E-state index in [0.29, 0.717) is 19.0 Å². The van der Waals surface area contributed by atoms with Crippen LogP contribution in [-0.4, -0.2) is 67.2 Å². The van der Waals surface area contributed by atoms with Crippen molar-refractivity contribution >= 4 is 41.9 Å². The smallest absolute Gasteiger partial charge is 0.407 e. The molecule has 0 aromatic rings.